The number of nitrogens with one attached hydrogen (secondary N) is 1. The highest BCUT2D eigenvalue weighted by atomic mass is 16.5. The van der Waals surface area contributed by atoms with Crippen molar-refractivity contribution in [1.82, 2.24) is 20.4 Å². The minimum Gasteiger partial charge on any atom is -0.497 e. The summed E-state index contributed by atoms with van der Waals surface area (Å²) in [5.41, 5.74) is 3.36. The Bertz CT molecular complexity index is 1300. The van der Waals surface area contributed by atoms with Gasteiger partial charge in [-0.3, -0.25) is 4.79 Å². The molecule has 1 amide bonds. The van der Waals surface area contributed by atoms with Crippen molar-refractivity contribution in [1.29, 1.82) is 0 Å². The molecule has 2 aromatic carbocycles. The molecule has 1 aliphatic heterocycles. The van der Waals surface area contributed by atoms with Gasteiger partial charge in [0.05, 0.1) is 7.11 Å². The lowest BCUT2D eigenvalue weighted by molar-refractivity contribution is -0.126. The predicted octanol–water partition coefficient (Wildman–Crippen LogP) is 4.65. The summed E-state index contributed by atoms with van der Waals surface area (Å²) in [5.74, 6) is 1.72. The maximum Gasteiger partial charge on any atom is 0.263 e. The topological polar surface area (TPSA) is 93.4 Å². The lowest BCUT2D eigenvalue weighted by atomic mass is 9.95. The maximum atomic E-state index is 12.9. The monoisotopic (exact) mass is 485 g/mol. The molecule has 1 saturated heterocycles. The van der Waals surface area contributed by atoms with E-state index in [1.807, 2.05) is 30.3 Å². The summed E-state index contributed by atoms with van der Waals surface area (Å²) < 4.78 is 10.8. The van der Waals surface area contributed by atoms with Crippen LogP contribution in [0.15, 0.2) is 65.4 Å². The summed E-state index contributed by atoms with van der Waals surface area (Å²) in [6.07, 6.45) is 4.93. The van der Waals surface area contributed by atoms with Gasteiger partial charge in [-0.1, -0.05) is 35.5 Å². The van der Waals surface area contributed by atoms with Gasteiger partial charge in [-0.05, 0) is 62.4 Å². The number of nitrogens with zero attached hydrogens (tertiary/aromatic N) is 4. The van der Waals surface area contributed by atoms with Gasteiger partial charge in [0.2, 0.25) is 5.91 Å². The molecule has 3 heterocycles. The average molecular weight is 486 g/mol. The van der Waals surface area contributed by atoms with Gasteiger partial charge < -0.3 is 19.5 Å². The van der Waals surface area contributed by atoms with E-state index in [1.54, 1.807) is 7.11 Å². The highest BCUT2D eigenvalue weighted by molar-refractivity contribution is 5.98. The van der Waals surface area contributed by atoms with Crippen LogP contribution < -0.4 is 15.0 Å². The first-order valence-electron chi connectivity index (χ1n) is 12.5. The van der Waals surface area contributed by atoms with E-state index in [0.29, 0.717) is 11.4 Å². The molecular formula is C28H31N5O3. The zero-order valence-corrected chi connectivity index (χ0v) is 20.7. The quantitative estimate of drug-likeness (QED) is 0.388. The van der Waals surface area contributed by atoms with Crippen LogP contribution in [-0.2, 0) is 11.2 Å². The molecular weight excluding hydrogens is 454 g/mol. The Morgan fingerprint density at radius 3 is 2.58 bits per heavy atom. The Morgan fingerprint density at radius 2 is 1.86 bits per heavy atom. The molecule has 1 N–H and O–H groups in total. The highest BCUT2D eigenvalue weighted by Crippen LogP contribution is 2.35. The number of ether oxygens (including phenoxy) is 1. The number of hydrogen-bond acceptors (Lipinski definition) is 7. The molecule has 0 aliphatic carbocycles. The molecule has 4 aromatic rings. The molecule has 1 atom stereocenters. The van der Waals surface area contributed by atoms with Crippen molar-refractivity contribution in [2.24, 2.45) is 5.92 Å². The molecule has 2 aromatic heterocycles. The van der Waals surface area contributed by atoms with E-state index in [9.17, 15) is 4.79 Å². The van der Waals surface area contributed by atoms with Crippen molar-refractivity contribution in [2.45, 2.75) is 38.6 Å². The standard InChI is InChI=1S/C28H31N5O3/c1-19(8-9-20-6-4-3-5-7-20)31-27(34)22-14-16-33(17-15-22)26-24-25(32-36-28(24)30-18-29-26)21-10-12-23(35-2)13-11-21/h3-7,10-13,18-19,22H,8-9,14-17H2,1-2H3,(H,31,34)/t19-/m0/s1. The zero-order valence-electron chi connectivity index (χ0n) is 20.7. The van der Waals surface area contributed by atoms with Crippen molar-refractivity contribution >= 4 is 22.8 Å². The van der Waals surface area contributed by atoms with Crippen LogP contribution in [0.3, 0.4) is 0 Å². The van der Waals surface area contributed by atoms with Gasteiger partial charge in [-0.25, -0.2) is 4.98 Å². The fraction of sp³-hybridized carbons (Fsp3) is 0.357. The number of rotatable bonds is 8. The summed E-state index contributed by atoms with van der Waals surface area (Å²) >= 11 is 0. The largest absolute Gasteiger partial charge is 0.497 e. The Labute approximate surface area is 210 Å². The minimum absolute atomic E-state index is 0.00119. The van der Waals surface area contributed by atoms with Gasteiger partial charge in [0.1, 0.15) is 29.0 Å². The highest BCUT2D eigenvalue weighted by Gasteiger charge is 2.29. The lowest BCUT2D eigenvalue weighted by Gasteiger charge is -2.32. The first-order valence-corrected chi connectivity index (χ1v) is 12.5. The second kappa shape index (κ2) is 10.8. The normalized spacial score (nSPS) is 15.1. The smallest absolute Gasteiger partial charge is 0.263 e. The summed E-state index contributed by atoms with van der Waals surface area (Å²) in [5, 5.41) is 8.30. The Balaban J connectivity index is 1.23. The fourth-order valence-electron chi connectivity index (χ4n) is 4.77. The first-order chi connectivity index (χ1) is 17.6. The van der Waals surface area contributed by atoms with Crippen LogP contribution in [-0.4, -0.2) is 47.3 Å². The number of amides is 1. The number of aromatic nitrogens is 3. The van der Waals surface area contributed by atoms with Gasteiger partial charge in [0, 0.05) is 30.6 Å². The van der Waals surface area contributed by atoms with Gasteiger partial charge >= 0.3 is 0 Å². The number of piperidine rings is 1. The minimum atomic E-state index is 0.00119. The Morgan fingerprint density at radius 1 is 1.11 bits per heavy atom. The van der Waals surface area contributed by atoms with Crippen molar-refractivity contribution in [2.75, 3.05) is 25.1 Å². The van der Waals surface area contributed by atoms with Crippen molar-refractivity contribution in [3.05, 3.63) is 66.5 Å². The molecule has 0 spiro atoms. The molecule has 0 unspecified atom stereocenters. The number of aryl methyl sites for hydroxylation is 1. The van der Waals surface area contributed by atoms with Crippen LogP contribution in [0, 0.1) is 5.92 Å². The Hall–Kier alpha value is -3.94. The second-order valence-corrected chi connectivity index (χ2v) is 9.33. The van der Waals surface area contributed by atoms with Crippen LogP contribution in [0.1, 0.15) is 31.7 Å². The number of carbonyl (C=O) groups excluding carboxylic acids is 1. The predicted molar refractivity (Wildman–Crippen MR) is 139 cm³/mol. The summed E-state index contributed by atoms with van der Waals surface area (Å²) in [6.45, 7) is 3.55. The summed E-state index contributed by atoms with van der Waals surface area (Å²) in [6, 6.07) is 18.2. The van der Waals surface area contributed by atoms with Gasteiger partial charge in [-0.2, -0.15) is 4.98 Å². The van der Waals surface area contributed by atoms with Crippen molar-refractivity contribution in [3.8, 4) is 17.0 Å². The number of benzene rings is 2. The molecule has 36 heavy (non-hydrogen) atoms. The molecule has 0 bridgehead atoms. The lowest BCUT2D eigenvalue weighted by Crippen LogP contribution is -2.43. The van der Waals surface area contributed by atoms with Crippen LogP contribution >= 0.6 is 0 Å². The van der Waals surface area contributed by atoms with E-state index in [4.69, 9.17) is 9.26 Å². The van der Waals surface area contributed by atoms with E-state index >= 15 is 0 Å². The van der Waals surface area contributed by atoms with Gasteiger partial charge in [0.15, 0.2) is 0 Å². The molecule has 186 valence electrons. The Kier molecular flexibility index (Phi) is 7.11. The SMILES string of the molecule is COc1ccc(-c2noc3ncnc(N4CCC(C(=O)N[C@@H](C)CCc5ccccc5)CC4)c23)cc1. The third-order valence-corrected chi connectivity index (χ3v) is 6.88. The zero-order chi connectivity index (χ0) is 24.9. The molecule has 0 radical (unpaired) electrons. The number of fused-ring (bicyclic) bond motifs is 1. The summed E-state index contributed by atoms with van der Waals surface area (Å²) in [4.78, 5) is 24.0. The van der Waals surface area contributed by atoms with Gasteiger partial charge in [-0.15, -0.1) is 0 Å². The fourth-order valence-corrected chi connectivity index (χ4v) is 4.77. The molecule has 5 rings (SSSR count). The third-order valence-electron chi connectivity index (χ3n) is 6.88. The van der Waals surface area contributed by atoms with E-state index < -0.39 is 0 Å². The van der Waals surface area contributed by atoms with E-state index in [2.05, 4.69) is 56.5 Å². The van der Waals surface area contributed by atoms with Crippen LogP contribution in [0.2, 0.25) is 0 Å². The average Bonchev–Trinajstić information content (AvgIpc) is 3.37. The maximum absolute atomic E-state index is 12.9. The number of hydrogen-bond donors (Lipinski definition) is 1. The number of carbonyl (C=O) groups is 1. The molecule has 0 saturated carbocycles. The van der Waals surface area contributed by atoms with Crippen molar-refractivity contribution in [3.63, 3.8) is 0 Å². The van der Waals surface area contributed by atoms with Crippen LogP contribution in [0.25, 0.3) is 22.4 Å². The third kappa shape index (κ3) is 5.17. The van der Waals surface area contributed by atoms with Crippen LogP contribution in [0.5, 0.6) is 5.75 Å². The molecule has 8 heteroatoms. The molecule has 1 fully saturated rings. The van der Waals surface area contributed by atoms with E-state index in [0.717, 1.165) is 61.3 Å². The number of anilines is 1. The second-order valence-electron chi connectivity index (χ2n) is 9.33. The van der Waals surface area contributed by atoms with E-state index in [1.165, 1.54) is 11.9 Å². The molecule has 1 aliphatic rings. The molecule has 8 nitrogen and oxygen atoms in total. The van der Waals surface area contributed by atoms with E-state index in [-0.39, 0.29) is 17.9 Å². The number of methoxy groups -OCH3 is 1. The summed E-state index contributed by atoms with van der Waals surface area (Å²) in [7, 11) is 1.64. The van der Waals surface area contributed by atoms with Crippen LogP contribution in [0.4, 0.5) is 5.82 Å². The first kappa shape index (κ1) is 23.8. The van der Waals surface area contributed by atoms with Crippen molar-refractivity contribution < 1.29 is 14.1 Å². The van der Waals surface area contributed by atoms with Gasteiger partial charge in [0.25, 0.3) is 5.71 Å².